The predicted molar refractivity (Wildman–Crippen MR) is 78.0 cm³/mol. The van der Waals surface area contributed by atoms with Crippen molar-refractivity contribution in [2.75, 3.05) is 5.73 Å². The van der Waals surface area contributed by atoms with Crippen LogP contribution in [0.5, 0.6) is 0 Å². The summed E-state index contributed by atoms with van der Waals surface area (Å²) >= 11 is 0. The summed E-state index contributed by atoms with van der Waals surface area (Å²) in [6.45, 7) is 0. The molecule has 1 aromatic heterocycles. The lowest BCUT2D eigenvalue weighted by atomic mass is 10.0. The molecule has 2 N–H and O–H groups in total. The van der Waals surface area contributed by atoms with Crippen molar-refractivity contribution in [1.82, 2.24) is 9.97 Å². The molecule has 5 heteroatoms. The quantitative estimate of drug-likeness (QED) is 0.915. The monoisotopic (exact) mass is 289 g/mol. The van der Waals surface area contributed by atoms with Crippen LogP contribution in [0.25, 0.3) is 11.4 Å². The van der Waals surface area contributed by atoms with Gasteiger partial charge >= 0.3 is 0 Å². The number of nitrogens with two attached hydrogens (primary N) is 1. The second-order valence-electron chi connectivity index (χ2n) is 5.45. The van der Waals surface area contributed by atoms with E-state index in [1.165, 1.54) is 25.0 Å². The molecule has 0 saturated heterocycles. The summed E-state index contributed by atoms with van der Waals surface area (Å²) in [6.07, 6.45) is 2.11. The molecule has 1 saturated carbocycles. The van der Waals surface area contributed by atoms with Crippen molar-refractivity contribution in [3.8, 4) is 11.4 Å². The molecule has 1 fully saturated rings. The molecule has 3 nitrogen and oxygen atoms in total. The number of nitrogens with zero attached hydrogens (tertiary/aromatic N) is 2. The largest absolute Gasteiger partial charge is 0.384 e. The number of nitrogen functional groups attached to an aromatic ring is 1. The Balaban J connectivity index is 1.99. The molecular formula is C16H17F2N3. The molecule has 1 aromatic carbocycles. The summed E-state index contributed by atoms with van der Waals surface area (Å²) < 4.78 is 25.6. The van der Waals surface area contributed by atoms with Gasteiger partial charge in [-0.25, -0.2) is 18.7 Å². The van der Waals surface area contributed by atoms with Crippen LogP contribution >= 0.6 is 0 Å². The van der Waals surface area contributed by atoms with E-state index in [0.29, 0.717) is 23.1 Å². The molecule has 1 aliphatic rings. The van der Waals surface area contributed by atoms with Gasteiger partial charge < -0.3 is 5.73 Å². The van der Waals surface area contributed by atoms with Crippen LogP contribution in [-0.4, -0.2) is 9.97 Å². The van der Waals surface area contributed by atoms with E-state index in [4.69, 9.17) is 5.73 Å². The zero-order valence-electron chi connectivity index (χ0n) is 11.6. The Morgan fingerprint density at radius 1 is 1.10 bits per heavy atom. The summed E-state index contributed by atoms with van der Waals surface area (Å²) in [6, 6.07) is 7.96. The van der Waals surface area contributed by atoms with Gasteiger partial charge in [0.25, 0.3) is 6.43 Å². The van der Waals surface area contributed by atoms with E-state index < -0.39 is 6.43 Å². The summed E-state index contributed by atoms with van der Waals surface area (Å²) in [4.78, 5) is 8.75. The van der Waals surface area contributed by atoms with E-state index >= 15 is 0 Å². The molecule has 3 rings (SSSR count). The van der Waals surface area contributed by atoms with Crippen molar-refractivity contribution in [3.63, 3.8) is 0 Å². The van der Waals surface area contributed by atoms with Crippen molar-refractivity contribution in [3.05, 3.63) is 41.6 Å². The van der Waals surface area contributed by atoms with Gasteiger partial charge in [0.2, 0.25) is 0 Å². The number of anilines is 1. The molecule has 1 heterocycles. The number of hydrogen-bond donors (Lipinski definition) is 1. The first-order valence-electron chi connectivity index (χ1n) is 7.16. The van der Waals surface area contributed by atoms with Crippen LogP contribution in [0.4, 0.5) is 14.6 Å². The Bertz CT molecular complexity index is 637. The number of benzene rings is 1. The molecule has 0 spiro atoms. The van der Waals surface area contributed by atoms with Crippen LogP contribution in [-0.2, 0) is 0 Å². The third-order valence-electron chi connectivity index (χ3n) is 3.94. The van der Waals surface area contributed by atoms with E-state index in [2.05, 4.69) is 9.97 Å². The second kappa shape index (κ2) is 5.76. The normalized spacial score (nSPS) is 15.8. The highest BCUT2D eigenvalue weighted by Gasteiger charge is 2.20. The van der Waals surface area contributed by atoms with Gasteiger partial charge in [-0.05, 0) is 18.9 Å². The van der Waals surface area contributed by atoms with Crippen LogP contribution in [0.3, 0.4) is 0 Å². The number of halogens is 2. The van der Waals surface area contributed by atoms with Gasteiger partial charge in [0, 0.05) is 28.8 Å². The predicted octanol–water partition coefficient (Wildman–Crippen LogP) is 4.32. The van der Waals surface area contributed by atoms with Gasteiger partial charge in [-0.3, -0.25) is 0 Å². The highest BCUT2D eigenvalue weighted by Crippen LogP contribution is 2.34. The Morgan fingerprint density at radius 3 is 2.57 bits per heavy atom. The first-order chi connectivity index (χ1) is 10.1. The van der Waals surface area contributed by atoms with Crippen LogP contribution < -0.4 is 5.73 Å². The Morgan fingerprint density at radius 2 is 1.86 bits per heavy atom. The summed E-state index contributed by atoms with van der Waals surface area (Å²) in [7, 11) is 0. The summed E-state index contributed by atoms with van der Waals surface area (Å²) in [5.74, 6) is 1.23. The third-order valence-corrected chi connectivity index (χ3v) is 3.94. The van der Waals surface area contributed by atoms with E-state index in [-0.39, 0.29) is 5.56 Å². The van der Waals surface area contributed by atoms with Crippen LogP contribution in [0.15, 0.2) is 30.3 Å². The molecular weight excluding hydrogens is 272 g/mol. The first-order valence-corrected chi connectivity index (χ1v) is 7.16. The van der Waals surface area contributed by atoms with Gasteiger partial charge in [0.05, 0.1) is 0 Å². The smallest absolute Gasteiger partial charge is 0.263 e. The molecule has 2 aromatic rings. The fourth-order valence-corrected chi connectivity index (χ4v) is 2.86. The van der Waals surface area contributed by atoms with Gasteiger partial charge in [-0.1, -0.05) is 31.0 Å². The molecule has 0 radical (unpaired) electrons. The molecule has 0 atom stereocenters. The minimum atomic E-state index is -2.50. The van der Waals surface area contributed by atoms with Gasteiger partial charge in [0.1, 0.15) is 5.82 Å². The third kappa shape index (κ3) is 3.01. The van der Waals surface area contributed by atoms with Gasteiger partial charge in [-0.15, -0.1) is 0 Å². The zero-order valence-corrected chi connectivity index (χ0v) is 11.6. The van der Waals surface area contributed by atoms with Crippen molar-refractivity contribution in [1.29, 1.82) is 0 Å². The first kappa shape index (κ1) is 13.9. The molecule has 0 amide bonds. The number of alkyl halides is 2. The molecule has 21 heavy (non-hydrogen) atoms. The van der Waals surface area contributed by atoms with Gasteiger partial charge in [-0.2, -0.15) is 0 Å². The van der Waals surface area contributed by atoms with Crippen LogP contribution in [0.1, 0.15) is 49.3 Å². The zero-order chi connectivity index (χ0) is 14.8. The Hall–Kier alpha value is -2.04. The maximum Gasteiger partial charge on any atom is 0.263 e. The van der Waals surface area contributed by atoms with Crippen molar-refractivity contribution in [2.45, 2.75) is 38.0 Å². The number of aromatic nitrogens is 2. The van der Waals surface area contributed by atoms with Crippen molar-refractivity contribution < 1.29 is 8.78 Å². The average molecular weight is 289 g/mol. The fourth-order valence-electron chi connectivity index (χ4n) is 2.86. The molecule has 0 aliphatic heterocycles. The Labute approximate surface area is 122 Å². The lowest BCUT2D eigenvalue weighted by Crippen LogP contribution is -2.03. The maximum absolute atomic E-state index is 12.8. The van der Waals surface area contributed by atoms with E-state index in [9.17, 15) is 8.78 Å². The molecule has 1 aliphatic carbocycles. The molecule has 110 valence electrons. The highest BCUT2D eigenvalue weighted by molar-refractivity contribution is 5.58. The van der Waals surface area contributed by atoms with Crippen molar-refractivity contribution >= 4 is 5.82 Å². The highest BCUT2D eigenvalue weighted by atomic mass is 19.3. The standard InChI is InChI=1S/C16H17F2N3/c17-15(18)11-6-3-7-12(8-11)16-20-13(9-14(19)21-16)10-4-1-2-5-10/h3,6-10,15H,1-2,4-5H2,(H2,19,20,21). The summed E-state index contributed by atoms with van der Waals surface area (Å²) in [5, 5.41) is 0. The molecule has 0 unspecified atom stereocenters. The lowest BCUT2D eigenvalue weighted by Gasteiger charge is -2.11. The fraction of sp³-hybridized carbons (Fsp3) is 0.375. The van der Waals surface area contributed by atoms with E-state index in [1.54, 1.807) is 18.2 Å². The maximum atomic E-state index is 12.8. The van der Waals surface area contributed by atoms with E-state index in [0.717, 1.165) is 18.5 Å². The van der Waals surface area contributed by atoms with E-state index in [1.807, 2.05) is 0 Å². The average Bonchev–Trinajstić information content (AvgIpc) is 3.01. The van der Waals surface area contributed by atoms with Crippen LogP contribution in [0.2, 0.25) is 0 Å². The number of hydrogen-bond acceptors (Lipinski definition) is 3. The minimum Gasteiger partial charge on any atom is -0.384 e. The van der Waals surface area contributed by atoms with Gasteiger partial charge in [0.15, 0.2) is 5.82 Å². The van der Waals surface area contributed by atoms with Crippen molar-refractivity contribution in [2.24, 2.45) is 0 Å². The summed E-state index contributed by atoms with van der Waals surface area (Å²) in [5.41, 5.74) is 7.35. The second-order valence-corrected chi connectivity index (χ2v) is 5.45. The molecule has 0 bridgehead atoms. The minimum absolute atomic E-state index is 0.0269. The lowest BCUT2D eigenvalue weighted by molar-refractivity contribution is 0.151. The number of rotatable bonds is 3. The van der Waals surface area contributed by atoms with Crippen LogP contribution in [0, 0.1) is 0 Å². The Kier molecular flexibility index (Phi) is 3.82. The SMILES string of the molecule is Nc1cc(C2CCCC2)nc(-c2cccc(C(F)F)c2)n1. The topological polar surface area (TPSA) is 51.8 Å².